The summed E-state index contributed by atoms with van der Waals surface area (Å²) in [5.41, 5.74) is 5.18. The van der Waals surface area contributed by atoms with Crippen LogP contribution in [0.3, 0.4) is 0 Å². The van der Waals surface area contributed by atoms with Crippen LogP contribution >= 0.6 is 0 Å². The average molecular weight is 513 g/mol. The van der Waals surface area contributed by atoms with Crippen molar-refractivity contribution in [3.63, 3.8) is 0 Å². The SMILES string of the molecule is CNC(=O)c1ccc(Nc2nc(OC3CCCC3)c3c(-c4ccc5oc(C)nc5c4)c[nH]c3n2)c(OC)c1. The van der Waals surface area contributed by atoms with Gasteiger partial charge in [0.1, 0.15) is 23.0 Å². The van der Waals surface area contributed by atoms with E-state index in [2.05, 4.69) is 20.6 Å². The maximum absolute atomic E-state index is 12.1. The fraction of sp³-hybridized carbons (Fsp3) is 0.286. The Balaban J connectivity index is 1.42. The first-order chi connectivity index (χ1) is 18.5. The molecule has 3 aromatic heterocycles. The van der Waals surface area contributed by atoms with Crippen molar-refractivity contribution >= 4 is 39.7 Å². The number of aromatic nitrogens is 4. The molecule has 1 aliphatic rings. The van der Waals surface area contributed by atoms with Crippen LogP contribution in [0.2, 0.25) is 0 Å². The third kappa shape index (κ3) is 4.38. The minimum atomic E-state index is -0.197. The predicted molar refractivity (Wildman–Crippen MR) is 144 cm³/mol. The summed E-state index contributed by atoms with van der Waals surface area (Å²) in [6, 6.07) is 11.1. The Morgan fingerprint density at radius 2 is 1.95 bits per heavy atom. The molecule has 10 heteroatoms. The lowest BCUT2D eigenvalue weighted by atomic mass is 10.1. The molecule has 1 saturated carbocycles. The molecule has 1 amide bonds. The van der Waals surface area contributed by atoms with E-state index in [0.29, 0.717) is 40.4 Å². The van der Waals surface area contributed by atoms with Crippen molar-refractivity contribution in [3.8, 4) is 22.8 Å². The van der Waals surface area contributed by atoms with Crippen molar-refractivity contribution in [2.75, 3.05) is 19.5 Å². The number of H-pyrrole nitrogens is 1. The molecule has 0 spiro atoms. The van der Waals surface area contributed by atoms with E-state index in [0.717, 1.165) is 53.3 Å². The molecular formula is C28H28N6O4. The maximum Gasteiger partial charge on any atom is 0.251 e. The second-order valence-electron chi connectivity index (χ2n) is 9.34. The zero-order valence-corrected chi connectivity index (χ0v) is 21.4. The molecular weight excluding hydrogens is 484 g/mol. The number of oxazole rings is 1. The zero-order valence-electron chi connectivity index (χ0n) is 21.4. The van der Waals surface area contributed by atoms with Gasteiger partial charge in [-0.05, 0) is 61.6 Å². The number of carbonyl (C=O) groups excluding carboxylic acids is 1. The van der Waals surface area contributed by atoms with E-state index in [4.69, 9.17) is 23.9 Å². The van der Waals surface area contributed by atoms with E-state index in [9.17, 15) is 4.79 Å². The van der Waals surface area contributed by atoms with Gasteiger partial charge < -0.3 is 29.5 Å². The quantitative estimate of drug-likeness (QED) is 0.261. The van der Waals surface area contributed by atoms with Gasteiger partial charge in [0.15, 0.2) is 11.5 Å². The Kier molecular flexibility index (Phi) is 6.07. The largest absolute Gasteiger partial charge is 0.495 e. The van der Waals surface area contributed by atoms with Gasteiger partial charge in [0.05, 0.1) is 18.2 Å². The van der Waals surface area contributed by atoms with Gasteiger partial charge in [-0.3, -0.25) is 4.79 Å². The van der Waals surface area contributed by atoms with E-state index in [1.54, 1.807) is 32.4 Å². The highest BCUT2D eigenvalue weighted by atomic mass is 16.5. The summed E-state index contributed by atoms with van der Waals surface area (Å²) in [4.78, 5) is 29.4. The summed E-state index contributed by atoms with van der Waals surface area (Å²) in [6.07, 6.45) is 6.28. The number of benzene rings is 2. The Morgan fingerprint density at radius 3 is 2.74 bits per heavy atom. The number of fused-ring (bicyclic) bond motifs is 2. The number of rotatable bonds is 7. The van der Waals surface area contributed by atoms with Crippen LogP contribution in [0, 0.1) is 6.92 Å². The fourth-order valence-corrected chi connectivity index (χ4v) is 4.94. The van der Waals surface area contributed by atoms with Crippen LogP contribution in [-0.2, 0) is 0 Å². The van der Waals surface area contributed by atoms with Gasteiger partial charge in [-0.1, -0.05) is 6.07 Å². The molecule has 0 radical (unpaired) electrons. The van der Waals surface area contributed by atoms with E-state index in [-0.39, 0.29) is 12.0 Å². The number of aromatic amines is 1. The molecule has 1 aliphatic carbocycles. The second-order valence-corrected chi connectivity index (χ2v) is 9.34. The molecule has 0 saturated heterocycles. The summed E-state index contributed by atoms with van der Waals surface area (Å²) in [5.74, 6) is 1.79. The first-order valence-corrected chi connectivity index (χ1v) is 12.6. The number of methoxy groups -OCH3 is 1. The third-order valence-corrected chi connectivity index (χ3v) is 6.82. The predicted octanol–water partition coefficient (Wildman–Crippen LogP) is 5.51. The van der Waals surface area contributed by atoms with E-state index < -0.39 is 0 Å². The molecule has 5 aromatic rings. The van der Waals surface area contributed by atoms with Gasteiger partial charge in [0.2, 0.25) is 11.8 Å². The summed E-state index contributed by atoms with van der Waals surface area (Å²) in [6.45, 7) is 1.84. The fourth-order valence-electron chi connectivity index (χ4n) is 4.94. The van der Waals surface area contributed by atoms with Gasteiger partial charge in [-0.2, -0.15) is 9.97 Å². The minimum Gasteiger partial charge on any atom is -0.495 e. The van der Waals surface area contributed by atoms with E-state index in [1.807, 2.05) is 31.3 Å². The zero-order chi connectivity index (χ0) is 26.2. The average Bonchev–Trinajstić information content (AvgIpc) is 3.67. The van der Waals surface area contributed by atoms with Crippen LogP contribution < -0.4 is 20.1 Å². The topological polar surface area (TPSA) is 127 Å². The first kappa shape index (κ1) is 23.8. The summed E-state index contributed by atoms with van der Waals surface area (Å²) in [7, 11) is 3.14. The molecule has 10 nitrogen and oxygen atoms in total. The number of aryl methyl sites for hydroxylation is 1. The van der Waals surface area contributed by atoms with Crippen molar-refractivity contribution in [2.45, 2.75) is 38.7 Å². The maximum atomic E-state index is 12.1. The Bertz CT molecular complexity index is 1650. The molecule has 3 N–H and O–H groups in total. The number of hydrogen-bond acceptors (Lipinski definition) is 8. The second kappa shape index (κ2) is 9.70. The molecule has 38 heavy (non-hydrogen) atoms. The summed E-state index contributed by atoms with van der Waals surface area (Å²) in [5, 5.41) is 6.67. The van der Waals surface area contributed by atoms with Crippen molar-refractivity contribution in [2.24, 2.45) is 0 Å². The van der Waals surface area contributed by atoms with Crippen LogP contribution in [0.1, 0.15) is 41.9 Å². The van der Waals surface area contributed by atoms with Crippen molar-refractivity contribution in [3.05, 3.63) is 54.0 Å². The number of carbonyl (C=O) groups is 1. The van der Waals surface area contributed by atoms with Gasteiger partial charge in [0.25, 0.3) is 5.91 Å². The monoisotopic (exact) mass is 512 g/mol. The standard InChI is InChI=1S/C28H28N6O4/c1-15-31-21-12-16(9-11-22(21)37-15)19-14-30-25-24(19)27(38-18-6-4-5-7-18)34-28(33-25)32-20-10-8-17(26(35)29-2)13-23(20)36-3/h8-14,18H,4-7H2,1-3H3,(H,29,35)(H2,30,32,33,34). The molecule has 0 bridgehead atoms. The lowest BCUT2D eigenvalue weighted by Crippen LogP contribution is -2.17. The van der Waals surface area contributed by atoms with Crippen molar-refractivity contribution < 1.29 is 18.7 Å². The molecule has 0 unspecified atom stereocenters. The highest BCUT2D eigenvalue weighted by Crippen LogP contribution is 2.38. The number of nitrogens with one attached hydrogen (secondary N) is 3. The third-order valence-electron chi connectivity index (χ3n) is 6.82. The summed E-state index contributed by atoms with van der Waals surface area (Å²) < 4.78 is 17.6. The van der Waals surface area contributed by atoms with Crippen LogP contribution in [-0.4, -0.2) is 46.1 Å². The Hall–Kier alpha value is -4.60. The van der Waals surface area contributed by atoms with Gasteiger partial charge in [-0.15, -0.1) is 0 Å². The summed E-state index contributed by atoms with van der Waals surface area (Å²) >= 11 is 0. The normalized spacial score (nSPS) is 13.8. The molecule has 3 heterocycles. The number of anilines is 2. The van der Waals surface area contributed by atoms with Gasteiger partial charge in [-0.25, -0.2) is 4.98 Å². The first-order valence-electron chi connectivity index (χ1n) is 12.6. The number of amides is 1. The van der Waals surface area contributed by atoms with Crippen LogP contribution in [0.5, 0.6) is 11.6 Å². The smallest absolute Gasteiger partial charge is 0.251 e. The van der Waals surface area contributed by atoms with E-state index >= 15 is 0 Å². The minimum absolute atomic E-state index is 0.103. The Labute approximate surface area is 218 Å². The van der Waals surface area contributed by atoms with Crippen molar-refractivity contribution in [1.82, 2.24) is 25.3 Å². The van der Waals surface area contributed by atoms with Gasteiger partial charge in [0, 0.05) is 31.3 Å². The molecule has 1 fully saturated rings. The van der Waals surface area contributed by atoms with E-state index in [1.165, 1.54) is 0 Å². The molecule has 0 aliphatic heterocycles. The Morgan fingerprint density at radius 1 is 1.11 bits per heavy atom. The highest BCUT2D eigenvalue weighted by Gasteiger charge is 2.23. The lowest BCUT2D eigenvalue weighted by molar-refractivity contribution is 0.0962. The van der Waals surface area contributed by atoms with Crippen LogP contribution in [0.15, 0.2) is 47.0 Å². The lowest BCUT2D eigenvalue weighted by Gasteiger charge is -2.16. The number of nitrogens with zero attached hydrogens (tertiary/aromatic N) is 3. The molecule has 194 valence electrons. The van der Waals surface area contributed by atoms with Crippen molar-refractivity contribution in [1.29, 1.82) is 0 Å². The van der Waals surface area contributed by atoms with Crippen LogP contribution in [0.25, 0.3) is 33.3 Å². The molecule has 2 aromatic carbocycles. The number of ether oxygens (including phenoxy) is 2. The highest BCUT2D eigenvalue weighted by molar-refractivity contribution is 5.99. The van der Waals surface area contributed by atoms with Gasteiger partial charge >= 0.3 is 0 Å². The molecule has 0 atom stereocenters. The molecule has 6 rings (SSSR count). The number of hydrogen-bond donors (Lipinski definition) is 3. The van der Waals surface area contributed by atoms with Crippen LogP contribution in [0.4, 0.5) is 11.6 Å².